The number of allylic oxidation sites excluding steroid dienone is 4. The van der Waals surface area contributed by atoms with Crippen LogP contribution in [-0.4, -0.2) is 18.9 Å². The van der Waals surface area contributed by atoms with Gasteiger partial charge < -0.3 is 9.64 Å². The lowest BCUT2D eigenvalue weighted by Gasteiger charge is -2.30. The van der Waals surface area contributed by atoms with Crippen molar-refractivity contribution in [3.05, 3.63) is 60.8 Å². The number of hydrogen-bond acceptors (Lipinski definition) is 3. The van der Waals surface area contributed by atoms with Crippen molar-refractivity contribution in [3.8, 4) is 5.75 Å². The molecule has 3 nitrogen and oxygen atoms in total. The van der Waals surface area contributed by atoms with E-state index in [0.717, 1.165) is 11.4 Å². The van der Waals surface area contributed by atoms with Crippen molar-refractivity contribution in [2.75, 3.05) is 12.0 Å². The number of ether oxygens (including phenoxy) is 1. The summed E-state index contributed by atoms with van der Waals surface area (Å²) in [5, 5.41) is 0. The van der Waals surface area contributed by atoms with Crippen LogP contribution in [0.15, 0.2) is 60.8 Å². The van der Waals surface area contributed by atoms with E-state index < -0.39 is 0 Å². The smallest absolute Gasteiger partial charge is 0.159 e. The minimum Gasteiger partial charge on any atom is -0.497 e. The molecule has 0 fully saturated rings. The predicted octanol–water partition coefficient (Wildman–Crippen LogP) is 3.49. The van der Waals surface area contributed by atoms with Crippen LogP contribution >= 0.6 is 0 Å². The maximum Gasteiger partial charge on any atom is 0.159 e. The highest BCUT2D eigenvalue weighted by Gasteiger charge is 2.21. The lowest BCUT2D eigenvalue weighted by Crippen LogP contribution is -2.34. The lowest BCUT2D eigenvalue weighted by atomic mass is 10.0. The van der Waals surface area contributed by atoms with Crippen LogP contribution in [0.3, 0.4) is 0 Å². The molecule has 1 atom stereocenters. The summed E-state index contributed by atoms with van der Waals surface area (Å²) < 4.78 is 5.17. The fraction of sp³-hybridized carbons (Fsp3) is 0.235. The van der Waals surface area contributed by atoms with Gasteiger partial charge in [0.25, 0.3) is 0 Å². The average Bonchev–Trinajstić information content (AvgIpc) is 2.48. The fourth-order valence-corrected chi connectivity index (χ4v) is 2.14. The van der Waals surface area contributed by atoms with Gasteiger partial charge in [-0.2, -0.15) is 0 Å². The molecule has 2 rings (SSSR count). The number of rotatable bonds is 4. The average molecular weight is 269 g/mol. The number of methoxy groups -OCH3 is 1. The molecule has 0 saturated carbocycles. The van der Waals surface area contributed by atoms with Crippen molar-refractivity contribution in [3.63, 3.8) is 0 Å². The minimum atomic E-state index is 0.0529. The third-order valence-electron chi connectivity index (χ3n) is 3.20. The van der Waals surface area contributed by atoms with E-state index in [1.165, 1.54) is 0 Å². The summed E-state index contributed by atoms with van der Waals surface area (Å²) >= 11 is 0. The maximum absolute atomic E-state index is 11.6. The van der Waals surface area contributed by atoms with Gasteiger partial charge in [0.1, 0.15) is 5.75 Å². The molecule has 1 heterocycles. The molecule has 0 saturated heterocycles. The van der Waals surface area contributed by atoms with E-state index in [0.29, 0.717) is 6.42 Å². The quantitative estimate of drug-likeness (QED) is 0.784. The zero-order valence-corrected chi connectivity index (χ0v) is 11.8. The normalized spacial score (nSPS) is 19.2. The van der Waals surface area contributed by atoms with E-state index in [4.69, 9.17) is 4.74 Å². The standard InChI is InChI=1S/C17H19NO2/c1-3-4-5-6-15-13-16(19)11-12-18(15)14-7-9-17(20-2)10-8-14/h3-12,15H,13H2,1-2H3/b4-3+,6-5+/t15-/m1/s1. The number of hydrogen-bond donors (Lipinski definition) is 0. The van der Waals surface area contributed by atoms with Crippen molar-refractivity contribution >= 4 is 11.5 Å². The first-order valence-electron chi connectivity index (χ1n) is 6.67. The summed E-state index contributed by atoms with van der Waals surface area (Å²) in [6.07, 6.45) is 11.9. The third-order valence-corrected chi connectivity index (χ3v) is 3.20. The maximum atomic E-state index is 11.6. The Morgan fingerprint density at radius 3 is 2.65 bits per heavy atom. The van der Waals surface area contributed by atoms with E-state index in [2.05, 4.69) is 4.90 Å². The second-order valence-electron chi connectivity index (χ2n) is 4.57. The molecule has 0 radical (unpaired) electrons. The number of ketones is 1. The van der Waals surface area contributed by atoms with Gasteiger partial charge in [-0.3, -0.25) is 4.79 Å². The second-order valence-corrected chi connectivity index (χ2v) is 4.57. The molecule has 0 bridgehead atoms. The molecule has 0 amide bonds. The van der Waals surface area contributed by atoms with Crippen molar-refractivity contribution in [2.24, 2.45) is 0 Å². The van der Waals surface area contributed by atoms with Crippen LogP contribution in [0.2, 0.25) is 0 Å². The Morgan fingerprint density at radius 2 is 2.00 bits per heavy atom. The van der Waals surface area contributed by atoms with Crippen molar-refractivity contribution in [1.29, 1.82) is 0 Å². The van der Waals surface area contributed by atoms with Gasteiger partial charge in [-0.25, -0.2) is 0 Å². The third kappa shape index (κ3) is 3.38. The van der Waals surface area contributed by atoms with E-state index in [1.54, 1.807) is 13.2 Å². The summed E-state index contributed by atoms with van der Waals surface area (Å²) in [4.78, 5) is 13.7. The number of benzene rings is 1. The predicted molar refractivity (Wildman–Crippen MR) is 82.0 cm³/mol. The molecule has 0 N–H and O–H groups in total. The summed E-state index contributed by atoms with van der Waals surface area (Å²) in [6.45, 7) is 1.97. The summed E-state index contributed by atoms with van der Waals surface area (Å²) in [6, 6.07) is 7.89. The van der Waals surface area contributed by atoms with Crippen LogP contribution in [0.4, 0.5) is 5.69 Å². The molecule has 0 aromatic heterocycles. The molecular formula is C17H19NO2. The van der Waals surface area contributed by atoms with Crippen molar-refractivity contribution < 1.29 is 9.53 Å². The van der Waals surface area contributed by atoms with Gasteiger partial charge in [-0.05, 0) is 37.3 Å². The Balaban J connectivity index is 2.24. The highest BCUT2D eigenvalue weighted by atomic mass is 16.5. The van der Waals surface area contributed by atoms with Crippen molar-refractivity contribution in [1.82, 2.24) is 0 Å². The lowest BCUT2D eigenvalue weighted by molar-refractivity contribution is -0.115. The van der Waals surface area contributed by atoms with Crippen LogP contribution in [0.5, 0.6) is 5.75 Å². The zero-order chi connectivity index (χ0) is 14.4. The number of anilines is 1. The highest BCUT2D eigenvalue weighted by molar-refractivity contribution is 5.92. The van der Waals surface area contributed by atoms with E-state index in [-0.39, 0.29) is 11.8 Å². The molecule has 1 aromatic carbocycles. The Kier molecular flexibility index (Phi) is 4.77. The van der Waals surface area contributed by atoms with Gasteiger partial charge in [0.2, 0.25) is 0 Å². The van der Waals surface area contributed by atoms with Gasteiger partial charge in [0.15, 0.2) is 5.78 Å². The Labute approximate surface area is 119 Å². The van der Waals surface area contributed by atoms with Gasteiger partial charge >= 0.3 is 0 Å². The molecule has 104 valence electrons. The first-order valence-corrected chi connectivity index (χ1v) is 6.67. The molecule has 0 unspecified atom stereocenters. The molecule has 20 heavy (non-hydrogen) atoms. The van der Waals surface area contributed by atoms with Crippen LogP contribution in [0.25, 0.3) is 0 Å². The van der Waals surface area contributed by atoms with Crippen molar-refractivity contribution in [2.45, 2.75) is 19.4 Å². The molecule has 0 aliphatic carbocycles. The molecule has 1 aliphatic rings. The van der Waals surface area contributed by atoms with Gasteiger partial charge in [-0.1, -0.05) is 24.3 Å². The minimum absolute atomic E-state index is 0.0529. The summed E-state index contributed by atoms with van der Waals surface area (Å²) in [7, 11) is 1.65. The van der Waals surface area contributed by atoms with Gasteiger partial charge in [0, 0.05) is 18.3 Å². The number of carbonyl (C=O) groups is 1. The second kappa shape index (κ2) is 6.75. The first-order chi connectivity index (χ1) is 9.74. The van der Waals surface area contributed by atoms with E-state index in [9.17, 15) is 4.79 Å². The van der Waals surface area contributed by atoms with Crippen LogP contribution in [-0.2, 0) is 4.79 Å². The number of carbonyl (C=O) groups excluding carboxylic acids is 1. The molecule has 3 heteroatoms. The SMILES string of the molecule is C/C=C/C=C/[C@@H]1CC(=O)C=CN1c1ccc(OC)cc1. The monoisotopic (exact) mass is 269 g/mol. The van der Waals surface area contributed by atoms with Crippen LogP contribution in [0, 0.1) is 0 Å². The summed E-state index contributed by atoms with van der Waals surface area (Å²) in [5.74, 6) is 0.983. The zero-order valence-electron chi connectivity index (χ0n) is 11.8. The number of nitrogens with zero attached hydrogens (tertiary/aromatic N) is 1. The van der Waals surface area contributed by atoms with Gasteiger partial charge in [-0.15, -0.1) is 0 Å². The van der Waals surface area contributed by atoms with Gasteiger partial charge in [0.05, 0.1) is 13.2 Å². The highest BCUT2D eigenvalue weighted by Crippen LogP contribution is 2.25. The molecule has 0 spiro atoms. The Hall–Kier alpha value is -2.29. The summed E-state index contributed by atoms with van der Waals surface area (Å²) in [5.41, 5.74) is 1.05. The topological polar surface area (TPSA) is 29.5 Å². The van der Waals surface area contributed by atoms with E-state index >= 15 is 0 Å². The molecule has 1 aliphatic heterocycles. The fourth-order valence-electron chi connectivity index (χ4n) is 2.14. The molecule has 1 aromatic rings. The molecular weight excluding hydrogens is 250 g/mol. The Morgan fingerprint density at radius 1 is 1.25 bits per heavy atom. The van der Waals surface area contributed by atoms with Crippen LogP contribution in [0.1, 0.15) is 13.3 Å². The first kappa shape index (κ1) is 14.1. The Bertz CT molecular complexity index is 541. The largest absolute Gasteiger partial charge is 0.497 e. The van der Waals surface area contributed by atoms with E-state index in [1.807, 2.05) is 61.7 Å². The van der Waals surface area contributed by atoms with Crippen LogP contribution < -0.4 is 9.64 Å².